The quantitative estimate of drug-likeness (QED) is 0.849. The van der Waals surface area contributed by atoms with Gasteiger partial charge in [0, 0.05) is 11.4 Å². The molecule has 0 saturated heterocycles. The fourth-order valence-electron chi connectivity index (χ4n) is 2.31. The van der Waals surface area contributed by atoms with Gasteiger partial charge in [0.05, 0.1) is 16.7 Å². The van der Waals surface area contributed by atoms with E-state index in [9.17, 15) is 13.2 Å². The van der Waals surface area contributed by atoms with E-state index in [1.807, 2.05) is 32.0 Å². The van der Waals surface area contributed by atoms with Crippen molar-refractivity contribution >= 4 is 27.3 Å². The summed E-state index contributed by atoms with van der Waals surface area (Å²) in [5.74, 6) is -0.546. The van der Waals surface area contributed by atoms with Crippen LogP contribution in [0.2, 0.25) is 5.02 Å². The number of amides is 1. The van der Waals surface area contributed by atoms with Crippen LogP contribution in [-0.4, -0.2) is 20.1 Å². The van der Waals surface area contributed by atoms with E-state index in [1.165, 1.54) is 0 Å². The van der Waals surface area contributed by atoms with Crippen LogP contribution in [0.15, 0.2) is 53.4 Å². The zero-order valence-corrected chi connectivity index (χ0v) is 15.2. The van der Waals surface area contributed by atoms with E-state index in [0.29, 0.717) is 5.02 Å². The lowest BCUT2D eigenvalue weighted by Crippen LogP contribution is -2.28. The Balaban J connectivity index is 1.95. The van der Waals surface area contributed by atoms with E-state index in [2.05, 4.69) is 5.32 Å². The van der Waals surface area contributed by atoms with Crippen molar-refractivity contribution in [1.29, 1.82) is 0 Å². The Labute approximate surface area is 147 Å². The molecule has 128 valence electrons. The highest BCUT2D eigenvalue weighted by atomic mass is 35.5. The van der Waals surface area contributed by atoms with Crippen molar-refractivity contribution in [2.45, 2.75) is 31.2 Å². The fraction of sp³-hybridized carbons (Fsp3) is 0.278. The number of carbonyl (C=O) groups is 1. The Morgan fingerprint density at radius 1 is 1.12 bits per heavy atom. The number of halogens is 1. The number of rotatable bonds is 6. The molecule has 6 heteroatoms. The number of carbonyl (C=O) groups excluding carboxylic acids is 1. The van der Waals surface area contributed by atoms with Gasteiger partial charge in [0.1, 0.15) is 0 Å². The molecule has 0 heterocycles. The number of nitrogens with one attached hydrogen (secondary N) is 1. The molecule has 1 atom stereocenters. The highest BCUT2D eigenvalue weighted by Crippen LogP contribution is 2.22. The highest BCUT2D eigenvalue weighted by molar-refractivity contribution is 7.91. The first-order valence-electron chi connectivity index (χ1n) is 7.63. The molecule has 0 fully saturated rings. The summed E-state index contributed by atoms with van der Waals surface area (Å²) in [6, 6.07) is 13.6. The predicted octanol–water partition coefficient (Wildman–Crippen LogP) is 3.69. The van der Waals surface area contributed by atoms with Crippen molar-refractivity contribution in [3.05, 3.63) is 64.7 Å². The van der Waals surface area contributed by atoms with Gasteiger partial charge in [-0.1, -0.05) is 47.5 Å². The predicted molar refractivity (Wildman–Crippen MR) is 95.9 cm³/mol. The van der Waals surface area contributed by atoms with Gasteiger partial charge in [-0.2, -0.15) is 0 Å². The summed E-state index contributed by atoms with van der Waals surface area (Å²) < 4.78 is 24.5. The molecule has 0 radical (unpaired) electrons. The first-order chi connectivity index (χ1) is 11.3. The summed E-state index contributed by atoms with van der Waals surface area (Å²) in [5.41, 5.74) is 1.79. The third-order valence-corrected chi connectivity index (χ3v) is 5.80. The van der Waals surface area contributed by atoms with Crippen LogP contribution >= 0.6 is 11.6 Å². The standard InChI is InChI=1S/C18H20ClNO3S/c1-13-7-9-15(10-8-13)24(22,23)12-11-18(21)20-14(2)16-5-3-4-6-17(16)19/h3-10,14H,11-12H2,1-2H3,(H,20,21). The molecule has 1 unspecified atom stereocenters. The first kappa shape index (κ1) is 18.5. The van der Waals surface area contributed by atoms with Gasteiger partial charge in [-0.05, 0) is 37.6 Å². The Kier molecular flexibility index (Phi) is 6.02. The average molecular weight is 366 g/mol. The third-order valence-electron chi connectivity index (χ3n) is 3.73. The second-order valence-electron chi connectivity index (χ2n) is 5.69. The Bertz CT molecular complexity index is 816. The van der Waals surface area contributed by atoms with E-state index in [1.54, 1.807) is 30.3 Å². The molecule has 0 aliphatic heterocycles. The average Bonchev–Trinajstić information content (AvgIpc) is 2.54. The number of benzene rings is 2. The molecule has 2 aromatic carbocycles. The summed E-state index contributed by atoms with van der Waals surface area (Å²) in [7, 11) is -3.47. The third kappa shape index (κ3) is 4.82. The molecule has 0 spiro atoms. The van der Waals surface area contributed by atoms with Gasteiger partial charge in [-0.15, -0.1) is 0 Å². The maximum Gasteiger partial charge on any atom is 0.221 e. The second kappa shape index (κ2) is 7.81. The molecule has 0 aliphatic carbocycles. The van der Waals surface area contributed by atoms with Crippen molar-refractivity contribution in [3.8, 4) is 0 Å². The van der Waals surface area contributed by atoms with Crippen LogP contribution in [0.4, 0.5) is 0 Å². The Hall–Kier alpha value is -1.85. The van der Waals surface area contributed by atoms with Crippen LogP contribution in [0.1, 0.15) is 30.5 Å². The molecule has 2 rings (SSSR count). The topological polar surface area (TPSA) is 63.2 Å². The van der Waals surface area contributed by atoms with E-state index in [-0.39, 0.29) is 29.0 Å². The number of sulfone groups is 1. The van der Waals surface area contributed by atoms with Gasteiger partial charge in [0.15, 0.2) is 9.84 Å². The Morgan fingerprint density at radius 2 is 1.75 bits per heavy atom. The van der Waals surface area contributed by atoms with Crippen molar-refractivity contribution in [3.63, 3.8) is 0 Å². The van der Waals surface area contributed by atoms with Gasteiger partial charge in [0.25, 0.3) is 0 Å². The van der Waals surface area contributed by atoms with Gasteiger partial charge in [-0.25, -0.2) is 8.42 Å². The van der Waals surface area contributed by atoms with E-state index in [4.69, 9.17) is 11.6 Å². The number of hydrogen-bond acceptors (Lipinski definition) is 3. The van der Waals surface area contributed by atoms with Gasteiger partial charge >= 0.3 is 0 Å². The lowest BCUT2D eigenvalue weighted by atomic mass is 10.1. The minimum absolute atomic E-state index is 0.0923. The number of aryl methyl sites for hydroxylation is 1. The molecule has 0 aliphatic rings. The normalized spacial score (nSPS) is 12.6. The van der Waals surface area contributed by atoms with Crippen LogP contribution in [-0.2, 0) is 14.6 Å². The maximum atomic E-state index is 12.3. The summed E-state index contributed by atoms with van der Waals surface area (Å²) in [5, 5.41) is 3.35. The van der Waals surface area contributed by atoms with Gasteiger partial charge in [0.2, 0.25) is 5.91 Å². The van der Waals surface area contributed by atoms with Gasteiger partial charge in [-0.3, -0.25) is 4.79 Å². The van der Waals surface area contributed by atoms with Crippen LogP contribution in [0.3, 0.4) is 0 Å². The van der Waals surface area contributed by atoms with Crippen molar-refractivity contribution < 1.29 is 13.2 Å². The smallest absolute Gasteiger partial charge is 0.221 e. The van der Waals surface area contributed by atoms with Gasteiger partial charge < -0.3 is 5.32 Å². The monoisotopic (exact) mass is 365 g/mol. The minimum atomic E-state index is -3.47. The molecular weight excluding hydrogens is 346 g/mol. The van der Waals surface area contributed by atoms with E-state index in [0.717, 1.165) is 11.1 Å². The van der Waals surface area contributed by atoms with Crippen LogP contribution in [0, 0.1) is 6.92 Å². The summed E-state index contributed by atoms with van der Waals surface area (Å²) >= 11 is 6.10. The van der Waals surface area contributed by atoms with Crippen LogP contribution in [0.25, 0.3) is 0 Å². The minimum Gasteiger partial charge on any atom is -0.350 e. The molecule has 2 aromatic rings. The molecule has 0 aromatic heterocycles. The van der Waals surface area contributed by atoms with Crippen molar-refractivity contribution in [1.82, 2.24) is 5.32 Å². The fourth-order valence-corrected chi connectivity index (χ4v) is 3.85. The molecule has 1 amide bonds. The molecule has 0 bridgehead atoms. The van der Waals surface area contributed by atoms with Crippen molar-refractivity contribution in [2.24, 2.45) is 0 Å². The summed E-state index contributed by atoms with van der Waals surface area (Å²) in [4.78, 5) is 12.3. The lowest BCUT2D eigenvalue weighted by Gasteiger charge is -2.15. The van der Waals surface area contributed by atoms with E-state index < -0.39 is 9.84 Å². The first-order valence-corrected chi connectivity index (χ1v) is 9.66. The van der Waals surface area contributed by atoms with Crippen LogP contribution < -0.4 is 5.32 Å². The maximum absolute atomic E-state index is 12.3. The van der Waals surface area contributed by atoms with E-state index >= 15 is 0 Å². The molecular formula is C18H20ClNO3S. The SMILES string of the molecule is Cc1ccc(S(=O)(=O)CCC(=O)NC(C)c2ccccc2Cl)cc1. The zero-order chi connectivity index (χ0) is 17.7. The Morgan fingerprint density at radius 3 is 2.38 bits per heavy atom. The zero-order valence-electron chi connectivity index (χ0n) is 13.6. The van der Waals surface area contributed by atoms with Crippen LogP contribution in [0.5, 0.6) is 0 Å². The largest absolute Gasteiger partial charge is 0.350 e. The highest BCUT2D eigenvalue weighted by Gasteiger charge is 2.18. The second-order valence-corrected chi connectivity index (χ2v) is 8.21. The molecule has 1 N–H and O–H groups in total. The molecule has 4 nitrogen and oxygen atoms in total. The summed E-state index contributed by atoms with van der Waals surface area (Å²) in [6.45, 7) is 3.70. The molecule has 24 heavy (non-hydrogen) atoms. The summed E-state index contributed by atoms with van der Waals surface area (Å²) in [6.07, 6.45) is -0.0923. The van der Waals surface area contributed by atoms with Crippen molar-refractivity contribution in [2.75, 3.05) is 5.75 Å². The number of hydrogen-bond donors (Lipinski definition) is 1. The lowest BCUT2D eigenvalue weighted by molar-refractivity contribution is -0.121. The molecule has 0 saturated carbocycles.